The third-order valence-corrected chi connectivity index (χ3v) is 2.22. The van der Waals surface area contributed by atoms with Gasteiger partial charge in [-0.05, 0) is 29.5 Å². The van der Waals surface area contributed by atoms with E-state index in [-0.39, 0.29) is 0 Å². The fourth-order valence-electron chi connectivity index (χ4n) is 1.45. The number of hydrogen-bond donors (Lipinski definition) is 0. The highest BCUT2D eigenvalue weighted by atomic mass is 14.2. The van der Waals surface area contributed by atoms with E-state index in [2.05, 4.69) is 24.3 Å². The van der Waals surface area contributed by atoms with Gasteiger partial charge in [0.1, 0.15) is 0 Å². The van der Waals surface area contributed by atoms with Crippen LogP contribution in [0, 0.1) is 11.3 Å². The lowest BCUT2D eigenvalue weighted by Crippen LogP contribution is -2.08. The number of nitrogens with zero attached hydrogens (tertiary/aromatic N) is 1. The molecule has 2 rings (SSSR count). The highest BCUT2D eigenvalue weighted by Crippen LogP contribution is 2.23. The molecule has 0 fully saturated rings. The molecular weight excluding hydrogens is 134 g/mol. The van der Waals surface area contributed by atoms with E-state index in [1.807, 2.05) is 0 Å². The first kappa shape index (κ1) is 6.42. The van der Waals surface area contributed by atoms with Crippen LogP contribution in [0.1, 0.15) is 16.7 Å². The van der Waals surface area contributed by atoms with E-state index in [1.54, 1.807) is 0 Å². The van der Waals surface area contributed by atoms with Crippen molar-refractivity contribution in [1.82, 2.24) is 0 Å². The van der Waals surface area contributed by atoms with Crippen molar-refractivity contribution in [3.63, 3.8) is 0 Å². The number of nitriles is 1. The van der Waals surface area contributed by atoms with Crippen molar-refractivity contribution in [2.24, 2.45) is 0 Å². The Morgan fingerprint density at radius 2 is 2.09 bits per heavy atom. The van der Waals surface area contributed by atoms with Crippen LogP contribution in [0.5, 0.6) is 0 Å². The van der Waals surface area contributed by atoms with Crippen molar-refractivity contribution in [2.45, 2.75) is 19.3 Å². The number of rotatable bonds is 1. The summed E-state index contributed by atoms with van der Waals surface area (Å²) < 4.78 is 0. The third kappa shape index (κ3) is 1.01. The molecule has 1 aliphatic rings. The molecule has 0 heterocycles. The van der Waals surface area contributed by atoms with Crippen molar-refractivity contribution in [1.29, 1.82) is 5.26 Å². The lowest BCUT2D eigenvalue weighted by Gasteiger charge is -2.18. The summed E-state index contributed by atoms with van der Waals surface area (Å²) in [6, 6.07) is 8.51. The first-order valence-electron chi connectivity index (χ1n) is 3.88. The van der Waals surface area contributed by atoms with Crippen molar-refractivity contribution in [3.8, 4) is 6.07 Å². The summed E-state index contributed by atoms with van der Waals surface area (Å²) in [5.41, 5.74) is 4.07. The first-order valence-corrected chi connectivity index (χ1v) is 3.88. The van der Waals surface area contributed by atoms with Gasteiger partial charge in [0.15, 0.2) is 0 Å². The van der Waals surface area contributed by atoms with Crippen molar-refractivity contribution in [3.05, 3.63) is 34.9 Å². The Labute approximate surface area is 66.3 Å². The first-order chi connectivity index (χ1) is 5.40. The van der Waals surface area contributed by atoms with Gasteiger partial charge >= 0.3 is 0 Å². The second kappa shape index (κ2) is 2.39. The van der Waals surface area contributed by atoms with Gasteiger partial charge in [0.05, 0.1) is 12.5 Å². The normalized spacial score (nSPS) is 13.0. The maximum Gasteiger partial charge on any atom is 0.0669 e. The van der Waals surface area contributed by atoms with Gasteiger partial charge in [-0.15, -0.1) is 0 Å². The van der Waals surface area contributed by atoms with Crippen LogP contribution in [-0.4, -0.2) is 0 Å². The quantitative estimate of drug-likeness (QED) is 0.588. The maximum atomic E-state index is 8.45. The molecule has 0 amide bonds. The Balaban J connectivity index is 2.33. The van der Waals surface area contributed by atoms with Gasteiger partial charge in [-0.3, -0.25) is 0 Å². The Morgan fingerprint density at radius 1 is 1.27 bits per heavy atom. The highest BCUT2D eigenvalue weighted by molar-refractivity contribution is 5.39. The summed E-state index contributed by atoms with van der Waals surface area (Å²) in [6.45, 7) is 0. The predicted octanol–water partition coefficient (Wildman–Crippen LogP) is 1.85. The topological polar surface area (TPSA) is 23.8 Å². The van der Waals surface area contributed by atoms with Gasteiger partial charge in [0.2, 0.25) is 0 Å². The van der Waals surface area contributed by atoms with Gasteiger partial charge < -0.3 is 0 Å². The number of hydrogen-bond acceptors (Lipinski definition) is 1. The largest absolute Gasteiger partial charge is 0.198 e. The molecule has 0 aliphatic heterocycles. The van der Waals surface area contributed by atoms with Gasteiger partial charge in [-0.2, -0.15) is 5.26 Å². The summed E-state index contributed by atoms with van der Waals surface area (Å²) in [5.74, 6) is 0. The standard InChI is InChI=1S/C10H9N/c11-6-5-8-1-2-9-3-4-10(9)7-8/h1-2,7H,3-5H2. The Bertz CT molecular complexity index is 320. The molecule has 0 radical (unpaired) electrons. The molecule has 54 valence electrons. The van der Waals surface area contributed by atoms with Gasteiger partial charge in [-0.1, -0.05) is 18.2 Å². The zero-order valence-electron chi connectivity index (χ0n) is 6.30. The van der Waals surface area contributed by atoms with Crippen LogP contribution in [0.15, 0.2) is 18.2 Å². The second-order valence-electron chi connectivity index (χ2n) is 2.94. The Morgan fingerprint density at radius 3 is 2.64 bits per heavy atom. The molecule has 1 nitrogen and oxygen atoms in total. The fraction of sp³-hybridized carbons (Fsp3) is 0.300. The van der Waals surface area contributed by atoms with Crippen LogP contribution >= 0.6 is 0 Å². The summed E-state index contributed by atoms with van der Waals surface area (Å²) in [5, 5.41) is 8.45. The van der Waals surface area contributed by atoms with Crippen LogP contribution in [0.25, 0.3) is 0 Å². The molecule has 1 heteroatoms. The Kier molecular flexibility index (Phi) is 1.40. The molecule has 0 atom stereocenters. The number of aryl methyl sites for hydroxylation is 2. The van der Waals surface area contributed by atoms with Gasteiger partial charge in [0.25, 0.3) is 0 Å². The van der Waals surface area contributed by atoms with Crippen LogP contribution in [0.2, 0.25) is 0 Å². The Hall–Kier alpha value is -1.29. The predicted molar refractivity (Wildman–Crippen MR) is 43.2 cm³/mol. The lowest BCUT2D eigenvalue weighted by molar-refractivity contribution is 0.835. The molecule has 0 unspecified atom stereocenters. The molecule has 0 spiro atoms. The van der Waals surface area contributed by atoms with Gasteiger partial charge in [-0.25, -0.2) is 0 Å². The molecule has 0 bridgehead atoms. The van der Waals surface area contributed by atoms with E-state index in [4.69, 9.17) is 5.26 Å². The molecule has 11 heavy (non-hydrogen) atoms. The summed E-state index contributed by atoms with van der Waals surface area (Å²) in [6.07, 6.45) is 2.98. The lowest BCUT2D eigenvalue weighted by atomic mass is 9.87. The molecule has 1 aromatic rings. The maximum absolute atomic E-state index is 8.45. The second-order valence-corrected chi connectivity index (χ2v) is 2.94. The van der Waals surface area contributed by atoms with Crippen LogP contribution in [-0.2, 0) is 19.3 Å². The molecule has 0 saturated heterocycles. The minimum absolute atomic E-state index is 0.549. The van der Waals surface area contributed by atoms with E-state index < -0.39 is 0 Å². The summed E-state index contributed by atoms with van der Waals surface area (Å²) >= 11 is 0. The average Bonchev–Trinajstić information content (AvgIpc) is 1.96. The van der Waals surface area contributed by atoms with E-state index in [0.717, 1.165) is 5.56 Å². The SMILES string of the molecule is N#CCc1ccc2c(c1)CC2. The van der Waals surface area contributed by atoms with Crippen molar-refractivity contribution >= 4 is 0 Å². The highest BCUT2D eigenvalue weighted by Gasteiger charge is 2.11. The monoisotopic (exact) mass is 143 g/mol. The minimum atomic E-state index is 0.549. The van der Waals surface area contributed by atoms with Crippen molar-refractivity contribution in [2.75, 3.05) is 0 Å². The molecule has 1 aliphatic carbocycles. The average molecular weight is 143 g/mol. The van der Waals surface area contributed by atoms with E-state index in [0.29, 0.717) is 6.42 Å². The van der Waals surface area contributed by atoms with E-state index in [9.17, 15) is 0 Å². The third-order valence-electron chi connectivity index (χ3n) is 2.22. The van der Waals surface area contributed by atoms with E-state index >= 15 is 0 Å². The summed E-state index contributed by atoms with van der Waals surface area (Å²) in [7, 11) is 0. The van der Waals surface area contributed by atoms with Crippen LogP contribution < -0.4 is 0 Å². The zero-order chi connectivity index (χ0) is 7.68. The molecular formula is C10H9N. The molecule has 1 aromatic carbocycles. The molecule has 0 saturated carbocycles. The smallest absolute Gasteiger partial charge is 0.0669 e. The summed E-state index contributed by atoms with van der Waals surface area (Å²) in [4.78, 5) is 0. The van der Waals surface area contributed by atoms with Crippen LogP contribution in [0.4, 0.5) is 0 Å². The van der Waals surface area contributed by atoms with Crippen molar-refractivity contribution < 1.29 is 0 Å². The zero-order valence-corrected chi connectivity index (χ0v) is 6.30. The number of benzene rings is 1. The minimum Gasteiger partial charge on any atom is -0.198 e. The fourth-order valence-corrected chi connectivity index (χ4v) is 1.45. The van der Waals surface area contributed by atoms with Crippen LogP contribution in [0.3, 0.4) is 0 Å². The molecule has 0 N–H and O–H groups in total. The van der Waals surface area contributed by atoms with E-state index in [1.165, 1.54) is 24.0 Å². The number of fused-ring (bicyclic) bond motifs is 1. The molecule has 0 aromatic heterocycles. The van der Waals surface area contributed by atoms with Gasteiger partial charge in [0, 0.05) is 0 Å².